The second kappa shape index (κ2) is 4.76. The Morgan fingerprint density at radius 2 is 2.60 bits per heavy atom. The standard InChI is InChI=1S/C11H12N2O2/c12-6-9-3-4-13-7-11(9)15-8-10-2-1-5-14-10/h3-4,7,10H,1-2,5,8H2. The van der Waals surface area contributed by atoms with Crippen LogP contribution in [0.4, 0.5) is 0 Å². The van der Waals surface area contributed by atoms with Gasteiger partial charge in [0.1, 0.15) is 12.7 Å². The van der Waals surface area contributed by atoms with E-state index in [1.165, 1.54) is 0 Å². The van der Waals surface area contributed by atoms with Crippen molar-refractivity contribution in [2.75, 3.05) is 13.2 Å². The largest absolute Gasteiger partial charge is 0.488 e. The van der Waals surface area contributed by atoms with Crippen molar-refractivity contribution in [1.29, 1.82) is 5.26 Å². The van der Waals surface area contributed by atoms with Gasteiger partial charge >= 0.3 is 0 Å². The van der Waals surface area contributed by atoms with Gasteiger partial charge in [-0.25, -0.2) is 0 Å². The lowest BCUT2D eigenvalue weighted by Crippen LogP contribution is -2.16. The number of pyridine rings is 1. The Morgan fingerprint density at radius 3 is 3.33 bits per heavy atom. The molecule has 0 spiro atoms. The smallest absolute Gasteiger partial charge is 0.155 e. The Kier molecular flexibility index (Phi) is 3.15. The monoisotopic (exact) mass is 204 g/mol. The van der Waals surface area contributed by atoms with Crippen molar-refractivity contribution in [3.05, 3.63) is 24.0 Å². The van der Waals surface area contributed by atoms with E-state index in [2.05, 4.69) is 11.1 Å². The maximum Gasteiger partial charge on any atom is 0.155 e. The van der Waals surface area contributed by atoms with Gasteiger partial charge in [0, 0.05) is 12.8 Å². The lowest BCUT2D eigenvalue weighted by Gasteiger charge is -2.11. The maximum atomic E-state index is 8.82. The molecule has 1 aliphatic rings. The van der Waals surface area contributed by atoms with E-state index in [4.69, 9.17) is 14.7 Å². The van der Waals surface area contributed by atoms with Crippen LogP contribution in [0.5, 0.6) is 5.75 Å². The highest BCUT2D eigenvalue weighted by atomic mass is 16.5. The number of hydrogen-bond donors (Lipinski definition) is 0. The summed E-state index contributed by atoms with van der Waals surface area (Å²) in [5.41, 5.74) is 0.517. The topological polar surface area (TPSA) is 55.1 Å². The third kappa shape index (κ3) is 2.45. The molecule has 1 atom stereocenters. The van der Waals surface area contributed by atoms with Gasteiger partial charge in [-0.2, -0.15) is 5.26 Å². The molecular weight excluding hydrogens is 192 g/mol. The van der Waals surface area contributed by atoms with Crippen LogP contribution >= 0.6 is 0 Å². The first-order chi connectivity index (χ1) is 7.40. The first-order valence-electron chi connectivity index (χ1n) is 4.98. The van der Waals surface area contributed by atoms with Crippen LogP contribution in [0.3, 0.4) is 0 Å². The van der Waals surface area contributed by atoms with Crippen LogP contribution in [0.15, 0.2) is 18.5 Å². The van der Waals surface area contributed by atoms with Gasteiger partial charge in [-0.1, -0.05) is 0 Å². The molecule has 0 aromatic carbocycles. The van der Waals surface area contributed by atoms with Crippen LogP contribution in [-0.2, 0) is 4.74 Å². The third-order valence-electron chi connectivity index (χ3n) is 2.35. The van der Waals surface area contributed by atoms with Crippen molar-refractivity contribution in [1.82, 2.24) is 4.98 Å². The molecule has 0 N–H and O–H groups in total. The van der Waals surface area contributed by atoms with Gasteiger partial charge in [0.2, 0.25) is 0 Å². The molecule has 0 aliphatic carbocycles. The highest BCUT2D eigenvalue weighted by Crippen LogP contribution is 2.18. The van der Waals surface area contributed by atoms with E-state index in [1.54, 1.807) is 18.5 Å². The van der Waals surface area contributed by atoms with Crippen molar-refractivity contribution in [3.8, 4) is 11.8 Å². The molecule has 0 bridgehead atoms. The minimum atomic E-state index is 0.164. The molecule has 15 heavy (non-hydrogen) atoms. The van der Waals surface area contributed by atoms with E-state index in [1.807, 2.05) is 0 Å². The van der Waals surface area contributed by atoms with Gasteiger partial charge in [-0.3, -0.25) is 4.98 Å². The van der Waals surface area contributed by atoms with E-state index >= 15 is 0 Å². The highest BCUT2D eigenvalue weighted by molar-refractivity contribution is 5.40. The molecule has 0 saturated carbocycles. The number of hydrogen-bond acceptors (Lipinski definition) is 4. The molecule has 78 valence electrons. The second-order valence-corrected chi connectivity index (χ2v) is 3.43. The Hall–Kier alpha value is -1.60. The molecule has 0 amide bonds. The van der Waals surface area contributed by atoms with Crippen LogP contribution in [0.1, 0.15) is 18.4 Å². The van der Waals surface area contributed by atoms with Crippen LogP contribution in [0.25, 0.3) is 0 Å². The molecule has 1 fully saturated rings. The zero-order valence-electron chi connectivity index (χ0n) is 8.35. The Balaban J connectivity index is 1.95. The number of nitriles is 1. The van der Waals surface area contributed by atoms with E-state index in [9.17, 15) is 0 Å². The molecule has 1 saturated heterocycles. The molecule has 4 nitrogen and oxygen atoms in total. The molecule has 4 heteroatoms. The first kappa shape index (κ1) is 9.94. The minimum Gasteiger partial charge on any atom is -0.488 e. The van der Waals surface area contributed by atoms with Gasteiger partial charge in [0.25, 0.3) is 0 Å². The summed E-state index contributed by atoms with van der Waals surface area (Å²) in [4.78, 5) is 3.92. The molecule has 2 heterocycles. The predicted molar refractivity (Wildman–Crippen MR) is 53.4 cm³/mol. The maximum absolute atomic E-state index is 8.82. The summed E-state index contributed by atoms with van der Waals surface area (Å²) in [5.74, 6) is 0.538. The van der Waals surface area contributed by atoms with E-state index in [0.29, 0.717) is 17.9 Å². The van der Waals surface area contributed by atoms with Crippen molar-refractivity contribution in [2.45, 2.75) is 18.9 Å². The molecule has 1 aliphatic heterocycles. The summed E-state index contributed by atoms with van der Waals surface area (Å²) >= 11 is 0. The number of ether oxygens (including phenoxy) is 2. The summed E-state index contributed by atoms with van der Waals surface area (Å²) in [6.45, 7) is 1.31. The van der Waals surface area contributed by atoms with Gasteiger partial charge < -0.3 is 9.47 Å². The average molecular weight is 204 g/mol. The zero-order valence-corrected chi connectivity index (χ0v) is 8.35. The lowest BCUT2D eigenvalue weighted by molar-refractivity contribution is 0.0677. The molecular formula is C11H12N2O2. The molecule has 1 aromatic heterocycles. The quantitative estimate of drug-likeness (QED) is 0.748. The summed E-state index contributed by atoms with van der Waals surface area (Å²) in [5, 5.41) is 8.82. The Morgan fingerprint density at radius 1 is 1.67 bits per heavy atom. The third-order valence-corrected chi connectivity index (χ3v) is 2.35. The van der Waals surface area contributed by atoms with Crippen molar-refractivity contribution < 1.29 is 9.47 Å². The fraction of sp³-hybridized carbons (Fsp3) is 0.455. The minimum absolute atomic E-state index is 0.164. The van der Waals surface area contributed by atoms with Crippen LogP contribution in [-0.4, -0.2) is 24.3 Å². The van der Waals surface area contributed by atoms with Gasteiger partial charge in [-0.05, 0) is 18.9 Å². The van der Waals surface area contributed by atoms with Crippen molar-refractivity contribution in [3.63, 3.8) is 0 Å². The van der Waals surface area contributed by atoms with Crippen molar-refractivity contribution >= 4 is 0 Å². The zero-order chi connectivity index (χ0) is 10.5. The lowest BCUT2D eigenvalue weighted by atomic mass is 10.2. The Labute approximate surface area is 88.5 Å². The first-order valence-corrected chi connectivity index (χ1v) is 4.98. The molecule has 2 rings (SSSR count). The van der Waals surface area contributed by atoms with E-state index in [-0.39, 0.29) is 6.10 Å². The summed E-state index contributed by atoms with van der Waals surface area (Å²) in [6, 6.07) is 3.71. The Bertz CT molecular complexity index is 367. The van der Waals surface area contributed by atoms with Crippen LogP contribution in [0.2, 0.25) is 0 Å². The number of rotatable bonds is 3. The van der Waals surface area contributed by atoms with Crippen LogP contribution in [0, 0.1) is 11.3 Å². The van der Waals surface area contributed by atoms with Gasteiger partial charge in [0.05, 0.1) is 17.9 Å². The summed E-state index contributed by atoms with van der Waals surface area (Å²) in [7, 11) is 0. The van der Waals surface area contributed by atoms with Crippen molar-refractivity contribution in [2.24, 2.45) is 0 Å². The molecule has 0 radical (unpaired) electrons. The van der Waals surface area contributed by atoms with Crippen LogP contribution < -0.4 is 4.74 Å². The second-order valence-electron chi connectivity index (χ2n) is 3.43. The fourth-order valence-electron chi connectivity index (χ4n) is 1.55. The van der Waals surface area contributed by atoms with E-state index < -0.39 is 0 Å². The van der Waals surface area contributed by atoms with Gasteiger partial charge in [-0.15, -0.1) is 0 Å². The SMILES string of the molecule is N#Cc1ccncc1OCC1CCCO1. The number of aromatic nitrogens is 1. The average Bonchev–Trinajstić information content (AvgIpc) is 2.79. The highest BCUT2D eigenvalue weighted by Gasteiger charge is 2.16. The number of nitrogens with zero attached hydrogens (tertiary/aromatic N) is 2. The van der Waals surface area contributed by atoms with E-state index in [0.717, 1.165) is 19.4 Å². The summed E-state index contributed by atoms with van der Waals surface area (Å²) < 4.78 is 10.9. The van der Waals surface area contributed by atoms with Gasteiger partial charge in [0.15, 0.2) is 5.75 Å². The summed E-state index contributed by atoms with van der Waals surface area (Å²) in [6.07, 6.45) is 5.43. The molecule has 1 aromatic rings. The predicted octanol–water partition coefficient (Wildman–Crippen LogP) is 1.51. The molecule has 1 unspecified atom stereocenters. The normalized spacial score (nSPS) is 19.8. The fourth-order valence-corrected chi connectivity index (χ4v) is 1.55.